The van der Waals surface area contributed by atoms with Gasteiger partial charge in [-0.15, -0.1) is 4.31 Å². The zero-order valence-electron chi connectivity index (χ0n) is 11.3. The van der Waals surface area contributed by atoms with Crippen molar-refractivity contribution in [1.29, 1.82) is 0 Å². The minimum atomic E-state index is -3.87. The zero-order chi connectivity index (χ0) is 15.0. The molecule has 1 aromatic heterocycles. The summed E-state index contributed by atoms with van der Waals surface area (Å²) in [6, 6.07) is 5.71. The van der Waals surface area contributed by atoms with Crippen molar-refractivity contribution >= 4 is 42.6 Å². The van der Waals surface area contributed by atoms with E-state index in [0.717, 1.165) is 36.1 Å². The quantitative estimate of drug-likeness (QED) is 0.683. The first-order chi connectivity index (χ1) is 9.92. The molecule has 1 fully saturated rings. The SMILES string of the molecule is O=S(=O)(O)CC1CCN([s+]2cnc3ccc(Cl)cc32)CC1. The van der Waals surface area contributed by atoms with Crippen molar-refractivity contribution < 1.29 is 13.0 Å². The number of halogens is 1. The van der Waals surface area contributed by atoms with Crippen LogP contribution in [0.25, 0.3) is 10.2 Å². The van der Waals surface area contributed by atoms with Gasteiger partial charge in [-0.25, -0.2) is 0 Å². The molecule has 1 unspecified atom stereocenters. The molecule has 0 radical (unpaired) electrons. The Hall–Kier alpha value is -0.730. The number of hydrogen-bond acceptors (Lipinski definition) is 4. The third-order valence-electron chi connectivity index (χ3n) is 3.74. The average Bonchev–Trinajstić information content (AvgIpc) is 2.81. The molecule has 114 valence electrons. The first kappa shape index (κ1) is 15.2. The fourth-order valence-electron chi connectivity index (χ4n) is 2.70. The zero-order valence-corrected chi connectivity index (χ0v) is 13.7. The Balaban J connectivity index is 1.75. The van der Waals surface area contributed by atoms with Gasteiger partial charge in [0.25, 0.3) is 15.6 Å². The lowest BCUT2D eigenvalue weighted by Crippen LogP contribution is -2.35. The van der Waals surface area contributed by atoms with E-state index in [1.54, 1.807) is 0 Å². The molecule has 0 spiro atoms. The Kier molecular flexibility index (Phi) is 4.20. The lowest BCUT2D eigenvalue weighted by Gasteiger charge is -2.25. The maximum atomic E-state index is 10.9. The van der Waals surface area contributed by atoms with Crippen molar-refractivity contribution in [2.45, 2.75) is 12.8 Å². The summed E-state index contributed by atoms with van der Waals surface area (Å²) in [5, 5.41) is 0.706. The van der Waals surface area contributed by atoms with Gasteiger partial charge in [-0.2, -0.15) is 13.4 Å². The predicted octanol–water partition coefficient (Wildman–Crippen LogP) is 2.87. The Morgan fingerprint density at radius 2 is 2.10 bits per heavy atom. The Morgan fingerprint density at radius 1 is 1.38 bits per heavy atom. The molecule has 1 saturated heterocycles. The van der Waals surface area contributed by atoms with Crippen molar-refractivity contribution in [1.82, 2.24) is 4.98 Å². The van der Waals surface area contributed by atoms with Crippen molar-refractivity contribution in [2.75, 3.05) is 23.1 Å². The van der Waals surface area contributed by atoms with E-state index in [1.165, 1.54) is 0 Å². The molecule has 1 aliphatic rings. The summed E-state index contributed by atoms with van der Waals surface area (Å²) in [5.41, 5.74) is 2.91. The summed E-state index contributed by atoms with van der Waals surface area (Å²) in [6.45, 7) is 1.61. The summed E-state index contributed by atoms with van der Waals surface area (Å²) >= 11 is 6.06. The Bertz CT molecular complexity index is 752. The molecular formula is C13H16ClN2O3S2+. The molecule has 8 heteroatoms. The molecule has 0 amide bonds. The second kappa shape index (κ2) is 5.81. The molecule has 21 heavy (non-hydrogen) atoms. The number of fused-ring (bicyclic) bond motifs is 1. The normalized spacial score (nSPS) is 19.2. The average molecular weight is 348 g/mol. The van der Waals surface area contributed by atoms with Gasteiger partial charge in [0.15, 0.2) is 0 Å². The van der Waals surface area contributed by atoms with E-state index >= 15 is 0 Å². The van der Waals surface area contributed by atoms with Crippen LogP contribution < -0.4 is 4.31 Å². The molecule has 3 rings (SSSR count). The summed E-state index contributed by atoms with van der Waals surface area (Å²) in [5.74, 6) is -0.0938. The molecule has 0 saturated carbocycles. The van der Waals surface area contributed by atoms with Gasteiger partial charge in [0.2, 0.25) is 4.70 Å². The number of rotatable bonds is 3. The van der Waals surface area contributed by atoms with Crippen LogP contribution in [0.5, 0.6) is 0 Å². The fourth-order valence-corrected chi connectivity index (χ4v) is 5.79. The largest absolute Gasteiger partial charge is 0.286 e. The molecule has 5 nitrogen and oxygen atoms in total. The molecule has 1 N–H and O–H groups in total. The third kappa shape index (κ3) is 3.54. The predicted molar refractivity (Wildman–Crippen MR) is 86.3 cm³/mol. The summed E-state index contributed by atoms with van der Waals surface area (Å²) in [6.07, 6.45) is 1.54. The van der Waals surface area contributed by atoms with Crippen molar-refractivity contribution in [3.8, 4) is 0 Å². The molecule has 1 aliphatic heterocycles. The second-order valence-corrected chi connectivity index (χ2v) is 9.01. The number of piperidine rings is 1. The Labute approximate surface area is 131 Å². The van der Waals surface area contributed by atoms with Crippen LogP contribution in [0.4, 0.5) is 0 Å². The standard InChI is InChI=1S/C13H15ClN2O3S2/c14-11-1-2-12-13(7-11)20(9-15-12)16-5-3-10(4-6-16)8-21(17,18)19/h1-2,7,9-10H,3-6,8H2/p+1. The first-order valence-corrected chi connectivity index (χ1v) is 9.92. The second-order valence-electron chi connectivity index (χ2n) is 5.28. The Morgan fingerprint density at radius 3 is 2.76 bits per heavy atom. The highest BCUT2D eigenvalue weighted by Crippen LogP contribution is 2.35. The van der Waals surface area contributed by atoms with E-state index < -0.39 is 10.1 Å². The maximum absolute atomic E-state index is 10.9. The van der Waals surface area contributed by atoms with Crippen molar-refractivity contribution in [2.24, 2.45) is 5.92 Å². The van der Waals surface area contributed by atoms with Gasteiger partial charge in [0.1, 0.15) is 5.52 Å². The van der Waals surface area contributed by atoms with Gasteiger partial charge >= 0.3 is 0 Å². The van der Waals surface area contributed by atoms with Gasteiger partial charge in [-0.05, 0) is 30.9 Å². The minimum Gasteiger partial charge on any atom is -0.286 e. The molecule has 0 aliphatic carbocycles. The number of thiazole rings is 1. The van der Waals surface area contributed by atoms with Gasteiger partial charge in [-0.3, -0.25) is 4.55 Å². The fraction of sp³-hybridized carbons (Fsp3) is 0.462. The van der Waals surface area contributed by atoms with Gasteiger partial charge < -0.3 is 0 Å². The lowest BCUT2D eigenvalue weighted by molar-refractivity contribution is 0.420. The molecule has 2 heterocycles. The molecular weight excluding hydrogens is 332 g/mol. The topological polar surface area (TPSA) is 70.5 Å². The highest BCUT2D eigenvalue weighted by Gasteiger charge is 2.30. The summed E-state index contributed by atoms with van der Waals surface area (Å²) < 4.78 is 34.3. The summed E-state index contributed by atoms with van der Waals surface area (Å²) in [7, 11) is -4.07. The van der Waals surface area contributed by atoms with Crippen molar-refractivity contribution in [3.63, 3.8) is 0 Å². The van der Waals surface area contributed by atoms with E-state index in [4.69, 9.17) is 16.2 Å². The molecule has 1 atom stereocenters. The third-order valence-corrected chi connectivity index (χ3v) is 6.87. The van der Waals surface area contributed by atoms with Crippen molar-refractivity contribution in [3.05, 3.63) is 28.7 Å². The van der Waals surface area contributed by atoms with Crippen LogP contribution in [0, 0.1) is 5.92 Å². The van der Waals surface area contributed by atoms with E-state index in [2.05, 4.69) is 9.29 Å². The van der Waals surface area contributed by atoms with E-state index in [-0.39, 0.29) is 22.3 Å². The van der Waals surface area contributed by atoms with E-state index in [9.17, 15) is 8.42 Å². The van der Waals surface area contributed by atoms with Crippen LogP contribution >= 0.6 is 22.3 Å². The van der Waals surface area contributed by atoms with Crippen LogP contribution in [0.2, 0.25) is 5.02 Å². The van der Waals surface area contributed by atoms with E-state index in [0.29, 0.717) is 5.02 Å². The molecule has 2 aromatic rings. The van der Waals surface area contributed by atoms with Crippen LogP contribution in [-0.2, 0) is 10.1 Å². The summed E-state index contributed by atoms with van der Waals surface area (Å²) in [4.78, 5) is 4.43. The lowest BCUT2D eigenvalue weighted by atomic mass is 10.0. The van der Waals surface area contributed by atoms with Gasteiger partial charge in [-0.1, -0.05) is 11.6 Å². The van der Waals surface area contributed by atoms with Crippen LogP contribution in [0.1, 0.15) is 12.8 Å². The van der Waals surface area contributed by atoms with Gasteiger partial charge in [0, 0.05) is 24.2 Å². The van der Waals surface area contributed by atoms with Crippen LogP contribution in [0.15, 0.2) is 23.7 Å². The number of nitrogens with zero attached hydrogens (tertiary/aromatic N) is 2. The highest BCUT2D eigenvalue weighted by molar-refractivity contribution is 7.85. The smallest absolute Gasteiger partial charge is 0.265 e. The number of benzene rings is 1. The molecule has 0 bridgehead atoms. The highest BCUT2D eigenvalue weighted by atomic mass is 35.5. The minimum absolute atomic E-state index is 0.0400. The van der Waals surface area contributed by atoms with Gasteiger partial charge in [0.05, 0.1) is 16.4 Å². The molecule has 1 aromatic carbocycles. The van der Waals surface area contributed by atoms with Crippen LogP contribution in [0.3, 0.4) is 0 Å². The number of hydrogen-bond donors (Lipinski definition) is 1. The van der Waals surface area contributed by atoms with Crippen LogP contribution in [-0.4, -0.2) is 36.8 Å². The maximum Gasteiger partial charge on any atom is 0.265 e. The number of aromatic nitrogens is 1. The van der Waals surface area contributed by atoms with E-state index in [1.807, 2.05) is 23.7 Å². The first-order valence-electron chi connectivity index (χ1n) is 6.69. The monoisotopic (exact) mass is 347 g/mol.